The van der Waals surface area contributed by atoms with E-state index >= 15 is 0 Å². The largest absolute Gasteiger partial charge is 0.360 e. The molecule has 1 aliphatic rings. The molecule has 0 aromatic heterocycles. The van der Waals surface area contributed by atoms with Crippen LogP contribution in [0.25, 0.3) is 0 Å². The van der Waals surface area contributed by atoms with Gasteiger partial charge in [-0.3, -0.25) is 0 Å². The molecule has 0 aliphatic heterocycles. The van der Waals surface area contributed by atoms with Crippen LogP contribution < -0.4 is 10.6 Å². The van der Waals surface area contributed by atoms with Gasteiger partial charge in [0, 0.05) is 11.7 Å². The van der Waals surface area contributed by atoms with Crippen LogP contribution >= 0.6 is 12.2 Å². The molecular weight excluding hydrogens is 252 g/mol. The molecule has 3 heteroatoms. The molecule has 0 saturated heterocycles. The highest BCUT2D eigenvalue weighted by Crippen LogP contribution is 2.23. The van der Waals surface area contributed by atoms with Crippen molar-refractivity contribution in [2.75, 3.05) is 5.32 Å². The number of aryl methyl sites for hydroxylation is 1. The first-order valence-electron chi connectivity index (χ1n) is 7.34. The fourth-order valence-corrected chi connectivity index (χ4v) is 2.87. The van der Waals surface area contributed by atoms with E-state index in [0.717, 1.165) is 23.1 Å². The Morgan fingerprint density at radius 2 is 1.79 bits per heavy atom. The van der Waals surface area contributed by atoms with E-state index in [2.05, 4.69) is 48.7 Å². The lowest BCUT2D eigenvalue weighted by Gasteiger charge is -2.28. The predicted octanol–water partition coefficient (Wildman–Crippen LogP) is 4.11. The summed E-state index contributed by atoms with van der Waals surface area (Å²) in [5.41, 5.74) is 2.42. The van der Waals surface area contributed by atoms with Gasteiger partial charge in [-0.25, -0.2) is 0 Å². The number of benzene rings is 1. The average Bonchev–Trinajstić information content (AvgIpc) is 2.42. The van der Waals surface area contributed by atoms with E-state index in [1.165, 1.54) is 31.2 Å². The number of hydrogen-bond donors (Lipinski definition) is 2. The maximum Gasteiger partial charge on any atom is 0.170 e. The average molecular weight is 276 g/mol. The summed E-state index contributed by atoms with van der Waals surface area (Å²) >= 11 is 5.39. The highest BCUT2D eigenvalue weighted by Gasteiger charge is 2.18. The van der Waals surface area contributed by atoms with E-state index < -0.39 is 0 Å². The Morgan fingerprint density at radius 1 is 1.16 bits per heavy atom. The number of anilines is 1. The minimum Gasteiger partial charge on any atom is -0.360 e. The van der Waals surface area contributed by atoms with Crippen molar-refractivity contribution >= 4 is 23.0 Å². The van der Waals surface area contributed by atoms with Gasteiger partial charge in [0.2, 0.25) is 0 Å². The van der Waals surface area contributed by atoms with Gasteiger partial charge in [0.25, 0.3) is 0 Å². The highest BCUT2D eigenvalue weighted by molar-refractivity contribution is 7.80. The van der Waals surface area contributed by atoms with Gasteiger partial charge in [-0.05, 0) is 67.9 Å². The number of hydrogen-bond acceptors (Lipinski definition) is 1. The third-order valence-electron chi connectivity index (χ3n) is 3.97. The van der Waals surface area contributed by atoms with Crippen LogP contribution in [0, 0.1) is 5.92 Å². The molecule has 0 heterocycles. The van der Waals surface area contributed by atoms with E-state index in [1.54, 1.807) is 0 Å². The van der Waals surface area contributed by atoms with Crippen LogP contribution in [0.3, 0.4) is 0 Å². The van der Waals surface area contributed by atoms with Crippen molar-refractivity contribution < 1.29 is 0 Å². The first kappa shape index (κ1) is 14.3. The van der Waals surface area contributed by atoms with Gasteiger partial charge >= 0.3 is 0 Å². The van der Waals surface area contributed by atoms with Crippen LogP contribution in [0.4, 0.5) is 5.69 Å². The first-order valence-corrected chi connectivity index (χ1v) is 7.74. The summed E-state index contributed by atoms with van der Waals surface area (Å²) in [4.78, 5) is 0. The molecule has 0 spiro atoms. The Hall–Kier alpha value is -1.09. The third-order valence-corrected chi connectivity index (χ3v) is 4.19. The highest BCUT2D eigenvalue weighted by atomic mass is 32.1. The SMILES string of the molecule is CCc1ccc(NC(=S)NC2CCC(C)CC2)cc1. The van der Waals surface area contributed by atoms with Crippen molar-refractivity contribution in [3.8, 4) is 0 Å². The molecule has 104 valence electrons. The summed E-state index contributed by atoms with van der Waals surface area (Å²) in [7, 11) is 0. The lowest BCUT2D eigenvalue weighted by Crippen LogP contribution is -2.39. The Bertz CT molecular complexity index is 405. The topological polar surface area (TPSA) is 24.1 Å². The Kier molecular flexibility index (Phi) is 5.20. The van der Waals surface area contributed by atoms with Crippen LogP contribution in [0.2, 0.25) is 0 Å². The van der Waals surface area contributed by atoms with Gasteiger partial charge in [-0.1, -0.05) is 26.0 Å². The van der Waals surface area contributed by atoms with Crippen molar-refractivity contribution in [1.82, 2.24) is 5.32 Å². The Morgan fingerprint density at radius 3 is 2.37 bits per heavy atom. The molecule has 0 unspecified atom stereocenters. The van der Waals surface area contributed by atoms with Gasteiger partial charge in [-0.2, -0.15) is 0 Å². The minimum absolute atomic E-state index is 0.547. The maximum atomic E-state index is 5.39. The monoisotopic (exact) mass is 276 g/mol. The standard InChI is InChI=1S/C16H24N2S/c1-3-13-6-10-15(11-7-13)18-16(19)17-14-8-4-12(2)5-9-14/h6-7,10-12,14H,3-5,8-9H2,1-2H3,(H2,17,18,19). The van der Waals surface area contributed by atoms with Crippen molar-refractivity contribution in [1.29, 1.82) is 0 Å². The van der Waals surface area contributed by atoms with Gasteiger partial charge in [0.05, 0.1) is 0 Å². The van der Waals surface area contributed by atoms with E-state index in [4.69, 9.17) is 12.2 Å². The summed E-state index contributed by atoms with van der Waals surface area (Å²) in [6, 6.07) is 9.03. The molecule has 2 nitrogen and oxygen atoms in total. The van der Waals surface area contributed by atoms with Crippen molar-refractivity contribution in [2.24, 2.45) is 5.92 Å². The van der Waals surface area contributed by atoms with Crippen LogP contribution in [0.1, 0.15) is 45.1 Å². The quantitative estimate of drug-likeness (QED) is 0.812. The van der Waals surface area contributed by atoms with Gasteiger partial charge in [0.15, 0.2) is 5.11 Å². The third kappa shape index (κ3) is 4.50. The molecule has 0 radical (unpaired) electrons. The molecule has 1 aromatic carbocycles. The second-order valence-corrected chi connectivity index (χ2v) is 6.01. The lowest BCUT2D eigenvalue weighted by atomic mass is 9.87. The van der Waals surface area contributed by atoms with Gasteiger partial charge < -0.3 is 10.6 Å². The molecule has 0 amide bonds. The molecule has 2 rings (SSSR count). The zero-order chi connectivity index (χ0) is 13.7. The second kappa shape index (κ2) is 6.90. The summed E-state index contributed by atoms with van der Waals surface area (Å²) in [6.07, 6.45) is 6.16. The molecule has 2 N–H and O–H groups in total. The maximum absolute atomic E-state index is 5.39. The molecule has 1 aliphatic carbocycles. The summed E-state index contributed by atoms with van der Waals surface area (Å²) < 4.78 is 0. The predicted molar refractivity (Wildman–Crippen MR) is 86.6 cm³/mol. The van der Waals surface area contributed by atoms with E-state index in [9.17, 15) is 0 Å². The van der Waals surface area contributed by atoms with Crippen LogP contribution in [0.5, 0.6) is 0 Å². The fourth-order valence-electron chi connectivity index (χ4n) is 2.58. The molecular formula is C16H24N2S. The zero-order valence-electron chi connectivity index (χ0n) is 11.9. The summed E-state index contributed by atoms with van der Waals surface area (Å²) in [5.74, 6) is 0.876. The van der Waals surface area contributed by atoms with Crippen LogP contribution in [-0.4, -0.2) is 11.2 Å². The van der Waals surface area contributed by atoms with Crippen molar-refractivity contribution in [3.05, 3.63) is 29.8 Å². The van der Waals surface area contributed by atoms with Gasteiger partial charge in [-0.15, -0.1) is 0 Å². The molecule has 1 fully saturated rings. The van der Waals surface area contributed by atoms with Gasteiger partial charge in [0.1, 0.15) is 0 Å². The van der Waals surface area contributed by atoms with E-state index in [0.29, 0.717) is 6.04 Å². The van der Waals surface area contributed by atoms with Crippen LogP contribution in [-0.2, 0) is 6.42 Å². The van der Waals surface area contributed by atoms with Crippen LogP contribution in [0.15, 0.2) is 24.3 Å². The van der Waals surface area contributed by atoms with Crippen molar-refractivity contribution in [3.63, 3.8) is 0 Å². The number of nitrogens with one attached hydrogen (secondary N) is 2. The smallest absolute Gasteiger partial charge is 0.170 e. The van der Waals surface area contributed by atoms with E-state index in [-0.39, 0.29) is 0 Å². The first-order chi connectivity index (χ1) is 9.17. The normalized spacial score (nSPS) is 22.8. The lowest BCUT2D eigenvalue weighted by molar-refractivity contribution is 0.332. The second-order valence-electron chi connectivity index (χ2n) is 5.61. The fraction of sp³-hybridized carbons (Fsp3) is 0.562. The molecule has 1 saturated carbocycles. The van der Waals surface area contributed by atoms with Crippen molar-refractivity contribution in [2.45, 2.75) is 52.0 Å². The molecule has 19 heavy (non-hydrogen) atoms. The molecule has 0 bridgehead atoms. The summed E-state index contributed by atoms with van der Waals surface area (Å²) in [5, 5.41) is 7.46. The van der Waals surface area contributed by atoms with E-state index in [1.807, 2.05) is 0 Å². The molecule has 1 aromatic rings. The zero-order valence-corrected chi connectivity index (χ0v) is 12.7. The molecule has 0 atom stereocenters. The number of rotatable bonds is 3. The Labute approximate surface area is 122 Å². The minimum atomic E-state index is 0.547. The summed E-state index contributed by atoms with van der Waals surface area (Å²) in [6.45, 7) is 4.50. The number of thiocarbonyl (C=S) groups is 1. The Balaban J connectivity index is 1.80.